The molecule has 1 saturated carbocycles. The number of rotatable bonds is 14. The smallest absolute Gasteiger partial charge is 0.338 e. The van der Waals surface area contributed by atoms with Crippen LogP contribution in [-0.4, -0.2) is 74.1 Å². The van der Waals surface area contributed by atoms with E-state index in [1.165, 1.54) is 0 Å². The number of carbonyl (C=O) groups is 2. The highest BCUT2D eigenvalue weighted by molar-refractivity contribution is 5.89. The van der Waals surface area contributed by atoms with Gasteiger partial charge in [-0.05, 0) is 47.3 Å². The Morgan fingerprint density at radius 1 is 0.741 bits per heavy atom. The van der Waals surface area contributed by atoms with E-state index >= 15 is 0 Å². The van der Waals surface area contributed by atoms with E-state index in [4.69, 9.17) is 33.2 Å². The molecular formula is C42H43N3O9. The Hall–Kier alpha value is -5.07. The maximum atomic E-state index is 13.5. The van der Waals surface area contributed by atoms with Gasteiger partial charge in [-0.15, -0.1) is 0 Å². The second-order valence-corrected chi connectivity index (χ2v) is 13.8. The van der Waals surface area contributed by atoms with Gasteiger partial charge in [0, 0.05) is 16.7 Å². The van der Waals surface area contributed by atoms with Gasteiger partial charge in [0.05, 0.1) is 55.4 Å². The number of ether oxygens (including phenoxy) is 7. The second-order valence-electron chi connectivity index (χ2n) is 13.8. The molecule has 3 aliphatic rings. The zero-order valence-corrected chi connectivity index (χ0v) is 29.9. The molecular weight excluding hydrogens is 690 g/mol. The SMILES string of the molecule is CC1C(COC(=O)c2ccccc2)OC(OC2C3COC(C3)[C@@H](OC(=O)c3ccccc3)[C@H]2OCc2ccccc2)[C@@H](N=[N+]=[N-])[C@H]1OCc1ccccc1. The van der Waals surface area contributed by atoms with Crippen LogP contribution in [-0.2, 0) is 46.4 Å². The van der Waals surface area contributed by atoms with Gasteiger partial charge in [-0.1, -0.05) is 109 Å². The standard InChI is InChI=1S/C42H43N3O9/c1-27-34(26-51-40(46)30-18-10-4-11-19-30)52-42(35(44-45-43)36(27)49-23-28-14-6-2-7-15-28)54-37-32-22-33(48-25-32)38(53-41(47)31-20-12-5-13-21-31)39(37)50-24-29-16-8-3-9-17-29/h2-21,27,32-39,42H,22-26H2,1H3/t27?,32?,33?,34?,35-,36-,37?,38+,39-,42?/m0/s1. The molecule has 280 valence electrons. The fourth-order valence-electron chi connectivity index (χ4n) is 7.38. The van der Waals surface area contributed by atoms with Crippen molar-refractivity contribution in [3.8, 4) is 0 Å². The fourth-order valence-corrected chi connectivity index (χ4v) is 7.38. The summed E-state index contributed by atoms with van der Waals surface area (Å²) in [7, 11) is 0. The van der Waals surface area contributed by atoms with Crippen molar-refractivity contribution in [2.45, 2.75) is 75.5 Å². The van der Waals surface area contributed by atoms with E-state index in [0.717, 1.165) is 11.1 Å². The van der Waals surface area contributed by atoms with Crippen molar-refractivity contribution in [1.29, 1.82) is 0 Å². The maximum absolute atomic E-state index is 13.5. The lowest BCUT2D eigenvalue weighted by atomic mass is 9.82. The molecule has 4 aromatic rings. The fraction of sp³-hybridized carbons (Fsp3) is 0.381. The summed E-state index contributed by atoms with van der Waals surface area (Å²) in [4.78, 5) is 29.7. The zero-order chi connectivity index (χ0) is 37.3. The maximum Gasteiger partial charge on any atom is 0.338 e. The lowest BCUT2D eigenvalue weighted by Gasteiger charge is -2.47. The highest BCUT2D eigenvalue weighted by Crippen LogP contribution is 2.42. The summed E-state index contributed by atoms with van der Waals surface area (Å²) in [6.07, 6.45) is -4.71. The van der Waals surface area contributed by atoms with Crippen LogP contribution in [0.25, 0.3) is 10.4 Å². The Labute approximate surface area is 313 Å². The Balaban J connectivity index is 1.18. The van der Waals surface area contributed by atoms with Gasteiger partial charge in [-0.2, -0.15) is 0 Å². The van der Waals surface area contributed by atoms with Gasteiger partial charge in [0.2, 0.25) is 0 Å². The molecule has 12 nitrogen and oxygen atoms in total. The van der Waals surface area contributed by atoms with E-state index in [1.807, 2.05) is 79.7 Å². The second kappa shape index (κ2) is 17.8. The molecule has 4 aromatic carbocycles. The van der Waals surface area contributed by atoms with Crippen LogP contribution in [0.1, 0.15) is 45.2 Å². The van der Waals surface area contributed by atoms with E-state index < -0.39 is 60.9 Å². The first kappa shape index (κ1) is 37.3. The molecule has 7 rings (SSSR count). The molecule has 0 N–H and O–H groups in total. The summed E-state index contributed by atoms with van der Waals surface area (Å²) in [6.45, 7) is 2.59. The van der Waals surface area contributed by atoms with E-state index in [2.05, 4.69) is 10.0 Å². The van der Waals surface area contributed by atoms with Crippen molar-refractivity contribution < 1.29 is 42.7 Å². The van der Waals surface area contributed by atoms with Crippen molar-refractivity contribution in [3.05, 3.63) is 154 Å². The summed E-state index contributed by atoms with van der Waals surface area (Å²) in [6, 6.07) is 35.9. The van der Waals surface area contributed by atoms with E-state index in [0.29, 0.717) is 24.2 Å². The summed E-state index contributed by atoms with van der Waals surface area (Å²) >= 11 is 0. The van der Waals surface area contributed by atoms with Crippen molar-refractivity contribution >= 4 is 11.9 Å². The number of fused-ring (bicyclic) bond motifs is 2. The first-order valence-corrected chi connectivity index (χ1v) is 18.2. The predicted octanol–water partition coefficient (Wildman–Crippen LogP) is 7.08. The minimum absolute atomic E-state index is 0.104. The van der Waals surface area contributed by atoms with Crippen LogP contribution in [0, 0.1) is 11.8 Å². The summed E-state index contributed by atoms with van der Waals surface area (Å²) in [5.41, 5.74) is 12.5. The molecule has 1 aliphatic carbocycles. The Kier molecular flexibility index (Phi) is 12.3. The van der Waals surface area contributed by atoms with E-state index in [1.54, 1.807) is 48.5 Å². The van der Waals surface area contributed by atoms with Crippen LogP contribution in [0.2, 0.25) is 0 Å². The molecule has 2 aliphatic heterocycles. The van der Waals surface area contributed by atoms with Crippen LogP contribution >= 0.6 is 0 Å². The molecule has 12 heteroatoms. The molecule has 0 spiro atoms. The highest BCUT2D eigenvalue weighted by Gasteiger charge is 2.55. The average Bonchev–Trinajstić information content (AvgIpc) is 3.66. The monoisotopic (exact) mass is 733 g/mol. The highest BCUT2D eigenvalue weighted by atomic mass is 16.7. The Bertz CT molecular complexity index is 1860. The van der Waals surface area contributed by atoms with E-state index in [9.17, 15) is 15.1 Å². The number of carbonyl (C=O) groups excluding carboxylic acids is 2. The summed E-state index contributed by atoms with van der Waals surface area (Å²) < 4.78 is 44.8. The molecule has 3 fully saturated rings. The molecule has 6 unspecified atom stereocenters. The third-order valence-electron chi connectivity index (χ3n) is 10.3. The third-order valence-corrected chi connectivity index (χ3v) is 10.3. The van der Waals surface area contributed by atoms with Crippen molar-refractivity contribution in [3.63, 3.8) is 0 Å². The van der Waals surface area contributed by atoms with Gasteiger partial charge >= 0.3 is 11.9 Å². The number of nitrogens with zero attached hydrogens (tertiary/aromatic N) is 3. The molecule has 54 heavy (non-hydrogen) atoms. The molecule has 0 aromatic heterocycles. The van der Waals surface area contributed by atoms with Crippen LogP contribution in [0.4, 0.5) is 0 Å². The largest absolute Gasteiger partial charge is 0.459 e. The number of hydrogen-bond acceptors (Lipinski definition) is 10. The molecule has 2 bridgehead atoms. The van der Waals surface area contributed by atoms with Crippen LogP contribution in [0.15, 0.2) is 126 Å². The van der Waals surface area contributed by atoms with Crippen LogP contribution in [0.5, 0.6) is 0 Å². The summed E-state index contributed by atoms with van der Waals surface area (Å²) in [5, 5.41) is 4.18. The van der Waals surface area contributed by atoms with Crippen LogP contribution in [0.3, 0.4) is 0 Å². The van der Waals surface area contributed by atoms with E-state index in [-0.39, 0.29) is 31.7 Å². The predicted molar refractivity (Wildman–Crippen MR) is 196 cm³/mol. The molecule has 0 amide bonds. The van der Waals surface area contributed by atoms with Gasteiger partial charge in [-0.3, -0.25) is 0 Å². The number of hydrogen-bond donors (Lipinski definition) is 0. The molecule has 2 heterocycles. The topological polar surface area (TPSA) is 148 Å². The first-order chi connectivity index (χ1) is 26.5. The minimum atomic E-state index is -1.14. The zero-order valence-electron chi connectivity index (χ0n) is 29.9. The van der Waals surface area contributed by atoms with Crippen molar-refractivity contribution in [2.24, 2.45) is 17.0 Å². The lowest BCUT2D eigenvalue weighted by Crippen LogP contribution is -2.60. The quantitative estimate of drug-likeness (QED) is 0.0574. The van der Waals surface area contributed by atoms with Crippen LogP contribution < -0.4 is 0 Å². The lowest BCUT2D eigenvalue weighted by molar-refractivity contribution is -0.295. The Morgan fingerprint density at radius 3 is 1.89 bits per heavy atom. The first-order valence-electron chi connectivity index (χ1n) is 18.2. The Morgan fingerprint density at radius 2 is 1.30 bits per heavy atom. The van der Waals surface area contributed by atoms with Gasteiger partial charge in [0.1, 0.15) is 18.8 Å². The third kappa shape index (κ3) is 8.82. The minimum Gasteiger partial charge on any atom is -0.459 e. The summed E-state index contributed by atoms with van der Waals surface area (Å²) in [5.74, 6) is -1.55. The van der Waals surface area contributed by atoms with Crippen molar-refractivity contribution in [1.82, 2.24) is 0 Å². The van der Waals surface area contributed by atoms with Crippen molar-refractivity contribution in [2.75, 3.05) is 13.2 Å². The normalized spacial score (nSPS) is 28.8. The van der Waals surface area contributed by atoms with Gasteiger partial charge in [0.25, 0.3) is 0 Å². The number of azide groups is 1. The molecule has 0 radical (unpaired) electrons. The average molecular weight is 734 g/mol. The van der Waals surface area contributed by atoms with Gasteiger partial charge in [-0.25, -0.2) is 9.59 Å². The number of benzene rings is 4. The van der Waals surface area contributed by atoms with Gasteiger partial charge in [0.15, 0.2) is 12.4 Å². The molecule has 2 saturated heterocycles. The van der Waals surface area contributed by atoms with Gasteiger partial charge < -0.3 is 33.2 Å². The number of esters is 2. The molecule has 10 atom stereocenters.